The van der Waals surface area contributed by atoms with E-state index in [4.69, 9.17) is 28.0 Å². The van der Waals surface area contributed by atoms with E-state index in [2.05, 4.69) is 11.9 Å². The Morgan fingerprint density at radius 2 is 1.62 bits per heavy atom. The first-order chi connectivity index (χ1) is 17.6. The number of rotatable bonds is 16. The fourth-order valence-corrected chi connectivity index (χ4v) is 6.79. The van der Waals surface area contributed by atoms with Gasteiger partial charge >= 0.3 is 25.5 Å². The van der Waals surface area contributed by atoms with Crippen LogP contribution in [0.1, 0.15) is 72.6 Å². The van der Waals surface area contributed by atoms with Gasteiger partial charge in [-0.05, 0) is 6.42 Å². The molecule has 13 heteroatoms. The second-order valence-electron chi connectivity index (χ2n) is 8.99. The molecule has 0 bridgehead atoms. The van der Waals surface area contributed by atoms with Gasteiger partial charge in [0.15, 0.2) is 12.2 Å². The summed E-state index contributed by atoms with van der Waals surface area (Å²) in [7, 11) is -1.94. The SMILES string of the molecule is CCCCCCCCOP(=O)(CCC1=N[C@@H]2[C@@H](OC(C)=O)[C@H](OC(C)=O)[C@@H](COC(C)=O)O[C@@H]2S1)OC. The molecular weight excluding hydrogens is 525 g/mol. The quantitative estimate of drug-likeness (QED) is 0.115. The van der Waals surface area contributed by atoms with Crippen molar-refractivity contribution in [3.05, 3.63) is 0 Å². The number of nitrogens with zero attached hydrogens (tertiary/aromatic N) is 1. The molecule has 2 heterocycles. The molecule has 212 valence electrons. The Morgan fingerprint density at radius 1 is 0.973 bits per heavy atom. The fraction of sp³-hybridized carbons (Fsp3) is 0.833. The maximum Gasteiger partial charge on any atom is 0.330 e. The van der Waals surface area contributed by atoms with Crippen molar-refractivity contribution >= 4 is 42.3 Å². The summed E-state index contributed by atoms with van der Waals surface area (Å²) in [5, 5.41) is 0.627. The Labute approximate surface area is 223 Å². The van der Waals surface area contributed by atoms with E-state index in [0.717, 1.165) is 19.3 Å². The van der Waals surface area contributed by atoms with E-state index in [1.54, 1.807) is 0 Å². The maximum absolute atomic E-state index is 13.1. The minimum atomic E-state index is -3.30. The number of ether oxygens (including phenoxy) is 4. The highest BCUT2D eigenvalue weighted by Gasteiger charge is 2.53. The number of fused-ring (bicyclic) bond motifs is 1. The standard InChI is InChI=1S/C24H40NO10PS/c1-6-7-8-9-10-11-13-32-36(29,30-5)14-12-20-25-21-23(34-18(4)28)22(33-17(3)27)19(15-31-16(2)26)35-24(21)37-20/h19,21-24H,6-15H2,1-5H3/t19-,21-,22-,23-,24-,36?/m1/s1. The number of hydrogen-bond acceptors (Lipinski definition) is 12. The minimum absolute atomic E-state index is 0.132. The Morgan fingerprint density at radius 3 is 2.24 bits per heavy atom. The van der Waals surface area contributed by atoms with Gasteiger partial charge in [0.2, 0.25) is 0 Å². The van der Waals surface area contributed by atoms with Gasteiger partial charge in [0, 0.05) is 34.3 Å². The van der Waals surface area contributed by atoms with E-state index in [9.17, 15) is 18.9 Å². The monoisotopic (exact) mass is 565 g/mol. The fourth-order valence-electron chi connectivity index (χ4n) is 4.10. The molecule has 0 N–H and O–H groups in total. The van der Waals surface area contributed by atoms with Crippen LogP contribution in [0.5, 0.6) is 0 Å². The summed E-state index contributed by atoms with van der Waals surface area (Å²) < 4.78 is 46.0. The van der Waals surface area contributed by atoms with Gasteiger partial charge in [-0.2, -0.15) is 0 Å². The lowest BCUT2D eigenvalue weighted by Crippen LogP contribution is -2.59. The normalized spacial score (nSPS) is 26.5. The predicted molar refractivity (Wildman–Crippen MR) is 139 cm³/mol. The number of carbonyl (C=O) groups is 3. The van der Waals surface area contributed by atoms with Gasteiger partial charge in [0.25, 0.3) is 0 Å². The summed E-state index contributed by atoms with van der Waals surface area (Å²) in [6.07, 6.45) is 4.17. The topological polar surface area (TPSA) is 136 Å². The molecule has 0 aromatic carbocycles. The highest BCUT2D eigenvalue weighted by atomic mass is 32.2. The lowest BCUT2D eigenvalue weighted by atomic mass is 9.98. The zero-order valence-corrected chi connectivity index (χ0v) is 24.1. The van der Waals surface area contributed by atoms with Crippen molar-refractivity contribution in [2.24, 2.45) is 4.99 Å². The van der Waals surface area contributed by atoms with Crippen molar-refractivity contribution in [2.45, 2.75) is 102 Å². The van der Waals surface area contributed by atoms with Crippen molar-refractivity contribution < 1.29 is 46.9 Å². The van der Waals surface area contributed by atoms with Crippen LogP contribution in [0.4, 0.5) is 0 Å². The Bertz CT molecular complexity index is 853. The summed E-state index contributed by atoms with van der Waals surface area (Å²) in [4.78, 5) is 39.7. The molecule has 1 fully saturated rings. The molecule has 1 unspecified atom stereocenters. The zero-order chi connectivity index (χ0) is 27.4. The first-order valence-corrected chi connectivity index (χ1v) is 15.3. The van der Waals surface area contributed by atoms with Crippen molar-refractivity contribution in [2.75, 3.05) is 26.5 Å². The van der Waals surface area contributed by atoms with Crippen molar-refractivity contribution in [1.82, 2.24) is 0 Å². The molecule has 2 rings (SSSR count). The van der Waals surface area contributed by atoms with Crippen LogP contribution in [0.15, 0.2) is 4.99 Å². The van der Waals surface area contributed by atoms with Crippen molar-refractivity contribution in [3.63, 3.8) is 0 Å². The van der Waals surface area contributed by atoms with Crippen LogP contribution in [0.25, 0.3) is 0 Å². The van der Waals surface area contributed by atoms with Crippen LogP contribution in [-0.4, -0.2) is 79.2 Å². The highest BCUT2D eigenvalue weighted by Crippen LogP contribution is 2.49. The first-order valence-electron chi connectivity index (χ1n) is 12.7. The van der Waals surface area contributed by atoms with Crippen molar-refractivity contribution in [3.8, 4) is 0 Å². The van der Waals surface area contributed by atoms with Gasteiger partial charge in [-0.25, -0.2) is 0 Å². The van der Waals surface area contributed by atoms with Gasteiger partial charge in [0.05, 0.1) is 17.8 Å². The minimum Gasteiger partial charge on any atom is -0.463 e. The molecular formula is C24H40NO10PS. The molecule has 0 aromatic rings. The zero-order valence-electron chi connectivity index (χ0n) is 22.3. The summed E-state index contributed by atoms with van der Waals surface area (Å²) in [6, 6.07) is -0.659. The average Bonchev–Trinajstić information content (AvgIpc) is 3.25. The Kier molecular flexibility index (Phi) is 13.6. The van der Waals surface area contributed by atoms with E-state index < -0.39 is 55.3 Å². The van der Waals surface area contributed by atoms with E-state index >= 15 is 0 Å². The average molecular weight is 566 g/mol. The van der Waals surface area contributed by atoms with E-state index in [1.165, 1.54) is 58.9 Å². The number of aliphatic imine (C=N–C) groups is 1. The smallest absolute Gasteiger partial charge is 0.330 e. The second kappa shape index (κ2) is 15.8. The maximum atomic E-state index is 13.1. The van der Waals surface area contributed by atoms with E-state index in [0.29, 0.717) is 18.1 Å². The molecule has 0 amide bonds. The van der Waals surface area contributed by atoms with Gasteiger partial charge in [-0.1, -0.05) is 50.8 Å². The third kappa shape index (κ3) is 10.7. The molecule has 11 nitrogen and oxygen atoms in total. The van der Waals surface area contributed by atoms with Crippen LogP contribution in [0, 0.1) is 0 Å². The number of unbranched alkanes of at least 4 members (excludes halogenated alkanes) is 5. The molecule has 0 saturated carbocycles. The summed E-state index contributed by atoms with van der Waals surface area (Å²) in [6.45, 7) is 6.08. The van der Waals surface area contributed by atoms with Crippen LogP contribution < -0.4 is 0 Å². The van der Waals surface area contributed by atoms with Crippen LogP contribution in [0.2, 0.25) is 0 Å². The lowest BCUT2D eigenvalue weighted by molar-refractivity contribution is -0.208. The van der Waals surface area contributed by atoms with Crippen LogP contribution in [-0.2, 0) is 46.9 Å². The van der Waals surface area contributed by atoms with E-state index in [1.807, 2.05) is 0 Å². The molecule has 0 aliphatic carbocycles. The molecule has 2 aliphatic rings. The summed E-state index contributed by atoms with van der Waals surface area (Å²) in [5.74, 6) is -1.70. The second-order valence-corrected chi connectivity index (χ2v) is 12.5. The van der Waals surface area contributed by atoms with Gasteiger partial charge in [-0.3, -0.25) is 23.9 Å². The molecule has 37 heavy (non-hydrogen) atoms. The highest BCUT2D eigenvalue weighted by molar-refractivity contribution is 8.14. The lowest BCUT2D eigenvalue weighted by Gasteiger charge is -2.41. The van der Waals surface area contributed by atoms with Crippen LogP contribution in [0.3, 0.4) is 0 Å². The van der Waals surface area contributed by atoms with Gasteiger partial charge in [0.1, 0.15) is 24.2 Å². The first kappa shape index (κ1) is 31.8. The summed E-state index contributed by atoms with van der Waals surface area (Å²) in [5.41, 5.74) is -0.572. The third-order valence-corrected chi connectivity index (χ3v) is 8.99. The molecule has 0 radical (unpaired) electrons. The largest absolute Gasteiger partial charge is 0.463 e. The molecule has 1 saturated heterocycles. The third-order valence-electron chi connectivity index (χ3n) is 5.88. The molecule has 0 aromatic heterocycles. The number of hydrogen-bond donors (Lipinski definition) is 0. The predicted octanol–water partition coefficient (Wildman–Crippen LogP) is 4.26. The number of carbonyl (C=O) groups excluding carboxylic acids is 3. The summed E-state index contributed by atoms with van der Waals surface area (Å²) >= 11 is 1.30. The van der Waals surface area contributed by atoms with Gasteiger partial charge < -0.3 is 28.0 Å². The van der Waals surface area contributed by atoms with E-state index in [-0.39, 0.29) is 12.8 Å². The molecule has 0 spiro atoms. The van der Waals surface area contributed by atoms with Gasteiger partial charge in [-0.15, -0.1) is 0 Å². The molecule has 6 atom stereocenters. The number of thioether (sulfide) groups is 1. The Hall–Kier alpha value is -1.46. The van der Waals surface area contributed by atoms with Crippen LogP contribution >= 0.6 is 19.4 Å². The molecule has 2 aliphatic heterocycles. The van der Waals surface area contributed by atoms with Crippen molar-refractivity contribution in [1.29, 1.82) is 0 Å². The Balaban J connectivity index is 2.03. The number of esters is 3.